The van der Waals surface area contributed by atoms with Crippen molar-refractivity contribution in [1.82, 2.24) is 15.2 Å². The van der Waals surface area contributed by atoms with Crippen LogP contribution in [0.3, 0.4) is 0 Å². The number of hydrogen-bond donors (Lipinski definition) is 1. The number of rotatable bonds is 10. The van der Waals surface area contributed by atoms with Crippen LogP contribution >= 0.6 is 0 Å². The van der Waals surface area contributed by atoms with Gasteiger partial charge in [0, 0.05) is 32.4 Å². The summed E-state index contributed by atoms with van der Waals surface area (Å²) in [6.07, 6.45) is 5.06. The molecule has 150 valence electrons. The lowest BCUT2D eigenvalue weighted by atomic mass is 10.1. The number of amides is 2. The van der Waals surface area contributed by atoms with E-state index >= 15 is 0 Å². The van der Waals surface area contributed by atoms with Crippen molar-refractivity contribution >= 4 is 11.8 Å². The van der Waals surface area contributed by atoms with Crippen LogP contribution < -0.4 is 14.8 Å². The number of ether oxygens (including phenoxy) is 2. The monoisotopic (exact) mass is 385 g/mol. The molecule has 0 saturated heterocycles. The van der Waals surface area contributed by atoms with Crippen molar-refractivity contribution in [3.8, 4) is 11.5 Å². The standard InChI is InChI=1S/C21H27N3O4/c1-24(13-10-16-8-11-22-12-9-16)21(26)15-23-20(25)7-5-17-4-6-18(27-2)19(14-17)28-3/h4,6,8-9,11-12,14H,5,7,10,13,15H2,1-3H3,(H,23,25). The van der Waals surface area contributed by atoms with Crippen LogP contribution in [0.4, 0.5) is 0 Å². The zero-order valence-corrected chi connectivity index (χ0v) is 16.6. The molecule has 0 unspecified atom stereocenters. The molecule has 0 bridgehead atoms. The third-order valence-corrected chi connectivity index (χ3v) is 4.44. The van der Waals surface area contributed by atoms with Crippen LogP contribution in [-0.2, 0) is 22.4 Å². The topological polar surface area (TPSA) is 80.8 Å². The quantitative estimate of drug-likeness (QED) is 0.675. The average Bonchev–Trinajstić information content (AvgIpc) is 2.74. The lowest BCUT2D eigenvalue weighted by molar-refractivity contribution is -0.131. The van der Waals surface area contributed by atoms with Gasteiger partial charge in [-0.05, 0) is 48.2 Å². The number of aromatic nitrogens is 1. The van der Waals surface area contributed by atoms with Crippen molar-refractivity contribution in [3.05, 3.63) is 53.9 Å². The summed E-state index contributed by atoms with van der Waals surface area (Å²) in [5.41, 5.74) is 2.09. The molecule has 0 fully saturated rings. The van der Waals surface area contributed by atoms with E-state index in [9.17, 15) is 9.59 Å². The van der Waals surface area contributed by atoms with Crippen LogP contribution in [0.15, 0.2) is 42.7 Å². The molecule has 7 heteroatoms. The number of aryl methyl sites for hydroxylation is 1. The van der Waals surface area contributed by atoms with Crippen LogP contribution in [0.5, 0.6) is 11.5 Å². The first kappa shape index (κ1) is 21.2. The van der Waals surface area contributed by atoms with Gasteiger partial charge in [0.15, 0.2) is 11.5 Å². The van der Waals surface area contributed by atoms with Crippen molar-refractivity contribution < 1.29 is 19.1 Å². The molecule has 0 radical (unpaired) electrons. The normalized spacial score (nSPS) is 10.2. The summed E-state index contributed by atoms with van der Waals surface area (Å²) >= 11 is 0. The fourth-order valence-corrected chi connectivity index (χ4v) is 2.66. The number of nitrogens with zero attached hydrogens (tertiary/aromatic N) is 2. The Bertz CT molecular complexity index is 780. The Hall–Kier alpha value is -3.09. The van der Waals surface area contributed by atoms with E-state index in [2.05, 4.69) is 10.3 Å². The molecule has 2 aromatic rings. The summed E-state index contributed by atoms with van der Waals surface area (Å²) in [6, 6.07) is 9.41. The number of methoxy groups -OCH3 is 2. The fourth-order valence-electron chi connectivity index (χ4n) is 2.66. The minimum atomic E-state index is -0.161. The van der Waals surface area contributed by atoms with Crippen LogP contribution in [0.2, 0.25) is 0 Å². The molecule has 1 N–H and O–H groups in total. The van der Waals surface area contributed by atoms with Gasteiger partial charge in [0.25, 0.3) is 0 Å². The van der Waals surface area contributed by atoms with E-state index in [-0.39, 0.29) is 18.4 Å². The van der Waals surface area contributed by atoms with Gasteiger partial charge in [0.2, 0.25) is 11.8 Å². The Balaban J connectivity index is 1.72. The van der Waals surface area contributed by atoms with E-state index < -0.39 is 0 Å². The number of carbonyl (C=O) groups is 2. The predicted molar refractivity (Wildman–Crippen MR) is 106 cm³/mol. The van der Waals surface area contributed by atoms with Gasteiger partial charge in [-0.3, -0.25) is 14.6 Å². The number of nitrogens with one attached hydrogen (secondary N) is 1. The summed E-state index contributed by atoms with van der Waals surface area (Å²) in [5.74, 6) is 1.00. The van der Waals surface area contributed by atoms with Crippen LogP contribution in [-0.4, -0.2) is 56.1 Å². The van der Waals surface area contributed by atoms with Crippen molar-refractivity contribution in [2.75, 3.05) is 34.4 Å². The van der Waals surface area contributed by atoms with E-state index in [1.165, 1.54) is 0 Å². The molecule has 0 spiro atoms. The van der Waals surface area contributed by atoms with Gasteiger partial charge in [-0.2, -0.15) is 0 Å². The van der Waals surface area contributed by atoms with Gasteiger partial charge < -0.3 is 19.7 Å². The molecule has 0 saturated carbocycles. The highest BCUT2D eigenvalue weighted by atomic mass is 16.5. The van der Waals surface area contributed by atoms with Crippen molar-refractivity contribution in [3.63, 3.8) is 0 Å². The largest absolute Gasteiger partial charge is 0.493 e. The average molecular weight is 385 g/mol. The fraction of sp³-hybridized carbons (Fsp3) is 0.381. The Morgan fingerprint density at radius 2 is 1.71 bits per heavy atom. The molecule has 2 rings (SSSR count). The zero-order chi connectivity index (χ0) is 20.4. The molecule has 0 aliphatic rings. The molecule has 0 atom stereocenters. The Labute approximate surface area is 165 Å². The second kappa shape index (κ2) is 10.9. The van der Waals surface area contributed by atoms with Crippen LogP contribution in [0, 0.1) is 0 Å². The first-order chi connectivity index (χ1) is 13.5. The molecule has 0 aliphatic carbocycles. The Morgan fingerprint density at radius 1 is 1.00 bits per heavy atom. The first-order valence-electron chi connectivity index (χ1n) is 9.14. The smallest absolute Gasteiger partial charge is 0.241 e. The number of hydrogen-bond acceptors (Lipinski definition) is 5. The molecule has 28 heavy (non-hydrogen) atoms. The van der Waals surface area contributed by atoms with Crippen LogP contribution in [0.1, 0.15) is 17.5 Å². The lowest BCUT2D eigenvalue weighted by Crippen LogP contribution is -2.39. The number of likely N-dealkylation sites (N-methyl/N-ethyl adjacent to an activating group) is 1. The highest BCUT2D eigenvalue weighted by molar-refractivity contribution is 5.84. The van der Waals surface area contributed by atoms with Crippen molar-refractivity contribution in [2.45, 2.75) is 19.3 Å². The summed E-state index contributed by atoms with van der Waals surface area (Å²) < 4.78 is 10.5. The number of benzene rings is 1. The van der Waals surface area contributed by atoms with E-state index in [1.54, 1.807) is 38.6 Å². The van der Waals surface area contributed by atoms with E-state index in [0.717, 1.165) is 17.5 Å². The van der Waals surface area contributed by atoms with Gasteiger partial charge in [-0.25, -0.2) is 0 Å². The Kier molecular flexibility index (Phi) is 8.27. The zero-order valence-electron chi connectivity index (χ0n) is 16.6. The molecule has 1 aromatic heterocycles. The summed E-state index contributed by atoms with van der Waals surface area (Å²) in [5, 5.41) is 2.69. The number of carbonyl (C=O) groups excluding carboxylic acids is 2. The Morgan fingerprint density at radius 3 is 2.39 bits per heavy atom. The third kappa shape index (κ3) is 6.57. The predicted octanol–water partition coefficient (Wildman–Crippen LogP) is 1.85. The molecule has 7 nitrogen and oxygen atoms in total. The molecule has 1 aromatic carbocycles. The number of pyridine rings is 1. The second-order valence-corrected chi connectivity index (χ2v) is 6.39. The van der Waals surface area contributed by atoms with Crippen molar-refractivity contribution in [1.29, 1.82) is 0 Å². The summed E-state index contributed by atoms with van der Waals surface area (Å²) in [4.78, 5) is 29.8. The maximum Gasteiger partial charge on any atom is 0.241 e. The van der Waals surface area contributed by atoms with Crippen molar-refractivity contribution in [2.24, 2.45) is 0 Å². The van der Waals surface area contributed by atoms with Gasteiger partial charge >= 0.3 is 0 Å². The third-order valence-electron chi connectivity index (χ3n) is 4.44. The maximum atomic E-state index is 12.2. The minimum Gasteiger partial charge on any atom is -0.493 e. The van der Waals surface area contributed by atoms with E-state index in [1.807, 2.05) is 30.3 Å². The molecular formula is C21H27N3O4. The second-order valence-electron chi connectivity index (χ2n) is 6.39. The SMILES string of the molecule is COc1ccc(CCC(=O)NCC(=O)N(C)CCc2ccncc2)cc1OC. The molecule has 1 heterocycles. The molecular weight excluding hydrogens is 358 g/mol. The molecule has 0 aliphatic heterocycles. The van der Waals surface area contributed by atoms with Gasteiger partial charge in [0.1, 0.15) is 0 Å². The van der Waals surface area contributed by atoms with Crippen LogP contribution in [0.25, 0.3) is 0 Å². The van der Waals surface area contributed by atoms with Gasteiger partial charge in [-0.15, -0.1) is 0 Å². The maximum absolute atomic E-state index is 12.2. The summed E-state index contributed by atoms with van der Waals surface area (Å²) in [7, 11) is 4.89. The van der Waals surface area contributed by atoms with Gasteiger partial charge in [-0.1, -0.05) is 6.07 Å². The lowest BCUT2D eigenvalue weighted by Gasteiger charge is -2.17. The molecule has 2 amide bonds. The van der Waals surface area contributed by atoms with E-state index in [4.69, 9.17) is 9.47 Å². The first-order valence-corrected chi connectivity index (χ1v) is 9.14. The highest BCUT2D eigenvalue weighted by Crippen LogP contribution is 2.27. The van der Waals surface area contributed by atoms with E-state index in [0.29, 0.717) is 30.9 Å². The highest BCUT2D eigenvalue weighted by Gasteiger charge is 2.11. The van der Waals surface area contributed by atoms with Gasteiger partial charge in [0.05, 0.1) is 20.8 Å². The minimum absolute atomic E-state index is 0.00237. The summed E-state index contributed by atoms with van der Waals surface area (Å²) in [6.45, 7) is 0.585.